The zero-order chi connectivity index (χ0) is 16.4. The highest BCUT2D eigenvalue weighted by atomic mass is 15.3. The second-order valence-corrected chi connectivity index (χ2v) is 7.69. The third-order valence-electron chi connectivity index (χ3n) is 6.04. The van der Waals surface area contributed by atoms with Crippen LogP contribution in [0.1, 0.15) is 63.5 Å². The number of aliphatic imine (C=N–C) groups is 1. The minimum absolute atomic E-state index is 0.599. The first-order valence-corrected chi connectivity index (χ1v) is 9.74. The second kappa shape index (κ2) is 6.73. The Morgan fingerprint density at radius 2 is 2.04 bits per heavy atom. The van der Waals surface area contributed by atoms with Gasteiger partial charge in [-0.2, -0.15) is 0 Å². The molecule has 0 unspecified atom stereocenters. The first kappa shape index (κ1) is 15.9. The van der Waals surface area contributed by atoms with Crippen LogP contribution in [0.15, 0.2) is 4.99 Å². The quantitative estimate of drug-likeness (QED) is 0.683. The van der Waals surface area contributed by atoms with Gasteiger partial charge in [0.05, 0.1) is 0 Å². The van der Waals surface area contributed by atoms with Crippen LogP contribution in [0.3, 0.4) is 0 Å². The summed E-state index contributed by atoms with van der Waals surface area (Å²) in [4.78, 5) is 7.37. The molecular formula is C18H30N6. The van der Waals surface area contributed by atoms with Gasteiger partial charge in [-0.25, -0.2) is 4.99 Å². The van der Waals surface area contributed by atoms with Crippen LogP contribution < -0.4 is 5.32 Å². The molecule has 132 valence electrons. The molecule has 3 aliphatic rings. The number of aromatic nitrogens is 3. The maximum atomic E-state index is 4.91. The van der Waals surface area contributed by atoms with E-state index < -0.39 is 0 Å². The topological polar surface area (TPSA) is 58.3 Å². The van der Waals surface area contributed by atoms with Crippen LogP contribution in [0.25, 0.3) is 0 Å². The number of rotatable bonds is 3. The van der Waals surface area contributed by atoms with E-state index in [0.717, 1.165) is 43.7 Å². The number of hydrogen-bond donors (Lipinski definition) is 1. The summed E-state index contributed by atoms with van der Waals surface area (Å²) in [5.74, 6) is 3.24. The highest BCUT2D eigenvalue weighted by Gasteiger charge is 2.43. The lowest BCUT2D eigenvalue weighted by molar-refractivity contribution is 0.151. The predicted octanol–water partition coefficient (Wildman–Crippen LogP) is 2.35. The van der Waals surface area contributed by atoms with Crippen molar-refractivity contribution < 1.29 is 0 Å². The van der Waals surface area contributed by atoms with E-state index in [1.807, 2.05) is 0 Å². The molecule has 1 spiro atoms. The summed E-state index contributed by atoms with van der Waals surface area (Å²) < 4.78 is 2.30. The smallest absolute Gasteiger partial charge is 0.194 e. The minimum atomic E-state index is 0.599. The fourth-order valence-corrected chi connectivity index (χ4v) is 4.43. The zero-order valence-corrected chi connectivity index (χ0v) is 14.9. The summed E-state index contributed by atoms with van der Waals surface area (Å²) in [5, 5.41) is 12.3. The van der Waals surface area contributed by atoms with E-state index in [4.69, 9.17) is 4.99 Å². The molecule has 0 bridgehead atoms. The van der Waals surface area contributed by atoms with E-state index >= 15 is 0 Å². The van der Waals surface area contributed by atoms with Crippen molar-refractivity contribution in [1.82, 2.24) is 25.0 Å². The summed E-state index contributed by atoms with van der Waals surface area (Å²) in [5.41, 5.74) is 0.599. The molecule has 1 aromatic heterocycles. The van der Waals surface area contributed by atoms with Crippen LogP contribution in [0.2, 0.25) is 0 Å². The van der Waals surface area contributed by atoms with Gasteiger partial charge in [0.15, 0.2) is 11.8 Å². The van der Waals surface area contributed by atoms with E-state index in [1.54, 1.807) is 0 Å². The van der Waals surface area contributed by atoms with Gasteiger partial charge in [-0.05, 0) is 44.4 Å². The Balaban J connectivity index is 1.47. The van der Waals surface area contributed by atoms with Crippen LogP contribution in [0.5, 0.6) is 0 Å². The summed E-state index contributed by atoms with van der Waals surface area (Å²) in [6.07, 6.45) is 10.4. The van der Waals surface area contributed by atoms with Crippen molar-refractivity contribution in [3.63, 3.8) is 0 Å². The van der Waals surface area contributed by atoms with Gasteiger partial charge >= 0.3 is 0 Å². The van der Waals surface area contributed by atoms with Gasteiger partial charge in [-0.3, -0.25) is 0 Å². The standard InChI is InChI=1S/C18H30N6/c1-2-19-17(23-12-10-18(14-23)8-6-9-18)20-13-16-22-21-15-7-4-3-5-11-24(15)16/h2-14H2,1H3,(H,19,20). The zero-order valence-electron chi connectivity index (χ0n) is 14.9. The molecule has 1 aromatic rings. The first-order valence-electron chi connectivity index (χ1n) is 9.74. The Hall–Kier alpha value is -1.59. The maximum Gasteiger partial charge on any atom is 0.194 e. The highest BCUT2D eigenvalue weighted by Crippen LogP contribution is 2.47. The van der Waals surface area contributed by atoms with Crippen molar-refractivity contribution in [2.75, 3.05) is 19.6 Å². The van der Waals surface area contributed by atoms with Crippen molar-refractivity contribution in [3.05, 3.63) is 11.6 Å². The van der Waals surface area contributed by atoms with Crippen LogP contribution in [0, 0.1) is 5.41 Å². The highest BCUT2D eigenvalue weighted by molar-refractivity contribution is 5.80. The molecule has 2 aliphatic heterocycles. The number of likely N-dealkylation sites (tertiary alicyclic amines) is 1. The number of nitrogens with one attached hydrogen (secondary N) is 1. The van der Waals surface area contributed by atoms with Crippen molar-refractivity contribution in [3.8, 4) is 0 Å². The molecule has 6 heteroatoms. The third-order valence-corrected chi connectivity index (χ3v) is 6.04. The van der Waals surface area contributed by atoms with Crippen molar-refractivity contribution in [1.29, 1.82) is 0 Å². The lowest BCUT2D eigenvalue weighted by Crippen LogP contribution is -2.42. The average molecular weight is 330 g/mol. The van der Waals surface area contributed by atoms with Gasteiger partial charge in [0.2, 0.25) is 0 Å². The Morgan fingerprint density at radius 1 is 1.12 bits per heavy atom. The van der Waals surface area contributed by atoms with Crippen LogP contribution in [-0.4, -0.2) is 45.3 Å². The summed E-state index contributed by atoms with van der Waals surface area (Å²) in [6.45, 7) is 7.07. The number of hydrogen-bond acceptors (Lipinski definition) is 3. The van der Waals surface area contributed by atoms with E-state index in [1.165, 1.54) is 51.5 Å². The molecule has 2 fully saturated rings. The molecule has 3 heterocycles. The number of aryl methyl sites for hydroxylation is 1. The molecule has 24 heavy (non-hydrogen) atoms. The second-order valence-electron chi connectivity index (χ2n) is 7.69. The normalized spacial score (nSPS) is 23.0. The minimum Gasteiger partial charge on any atom is -0.357 e. The molecule has 4 rings (SSSR count). The Kier molecular flexibility index (Phi) is 4.46. The molecule has 0 radical (unpaired) electrons. The Bertz CT molecular complexity index is 601. The molecule has 0 aromatic carbocycles. The van der Waals surface area contributed by atoms with Crippen molar-refractivity contribution in [2.45, 2.75) is 71.4 Å². The fraction of sp³-hybridized carbons (Fsp3) is 0.833. The van der Waals surface area contributed by atoms with Crippen molar-refractivity contribution in [2.24, 2.45) is 10.4 Å². The monoisotopic (exact) mass is 330 g/mol. The van der Waals surface area contributed by atoms with E-state index in [0.29, 0.717) is 12.0 Å². The van der Waals surface area contributed by atoms with Crippen LogP contribution in [0.4, 0.5) is 0 Å². The fourth-order valence-electron chi connectivity index (χ4n) is 4.43. The van der Waals surface area contributed by atoms with Gasteiger partial charge < -0.3 is 14.8 Å². The molecule has 1 saturated heterocycles. The summed E-state index contributed by atoms with van der Waals surface area (Å²) >= 11 is 0. The first-order chi connectivity index (χ1) is 11.8. The molecule has 0 amide bonds. The molecular weight excluding hydrogens is 300 g/mol. The molecule has 1 aliphatic carbocycles. The number of guanidine groups is 1. The van der Waals surface area contributed by atoms with Crippen molar-refractivity contribution >= 4 is 5.96 Å². The van der Waals surface area contributed by atoms with Gasteiger partial charge in [-0.1, -0.05) is 12.8 Å². The Labute approximate surface area is 144 Å². The van der Waals surface area contributed by atoms with E-state index in [9.17, 15) is 0 Å². The van der Waals surface area contributed by atoms with E-state index in [2.05, 4.69) is 31.9 Å². The summed E-state index contributed by atoms with van der Waals surface area (Å²) in [6, 6.07) is 0. The predicted molar refractivity (Wildman–Crippen MR) is 94.9 cm³/mol. The van der Waals surface area contributed by atoms with Crippen LogP contribution >= 0.6 is 0 Å². The third kappa shape index (κ3) is 3.03. The molecule has 0 atom stereocenters. The maximum absolute atomic E-state index is 4.91. The molecule has 1 saturated carbocycles. The van der Waals surface area contributed by atoms with E-state index in [-0.39, 0.29) is 0 Å². The van der Waals surface area contributed by atoms with Gasteiger partial charge in [0.1, 0.15) is 12.4 Å². The van der Waals surface area contributed by atoms with Gasteiger partial charge in [0.25, 0.3) is 0 Å². The van der Waals surface area contributed by atoms with Crippen LogP contribution in [-0.2, 0) is 19.5 Å². The lowest BCUT2D eigenvalue weighted by atomic mass is 9.68. The van der Waals surface area contributed by atoms with Gasteiger partial charge in [-0.15, -0.1) is 10.2 Å². The van der Waals surface area contributed by atoms with Gasteiger partial charge in [0, 0.05) is 32.6 Å². The SMILES string of the molecule is CCNC(=NCc1nnc2n1CCCCC2)N1CCC2(CCC2)C1. The molecule has 6 nitrogen and oxygen atoms in total. The summed E-state index contributed by atoms with van der Waals surface area (Å²) in [7, 11) is 0. The number of fused-ring (bicyclic) bond motifs is 1. The largest absolute Gasteiger partial charge is 0.357 e. The number of nitrogens with zero attached hydrogens (tertiary/aromatic N) is 5. The average Bonchev–Trinajstić information content (AvgIpc) is 3.10. The molecule has 1 N–H and O–H groups in total. The Morgan fingerprint density at radius 3 is 2.79 bits per heavy atom. The lowest BCUT2D eigenvalue weighted by Gasteiger charge is -2.38.